The molecule has 0 heterocycles. The van der Waals surface area contributed by atoms with Crippen LogP contribution in [0.4, 0.5) is 5.69 Å². The molecule has 3 aromatic rings. The Labute approximate surface area is 198 Å². The number of nitrogens with one attached hydrogen (secondary N) is 2. The summed E-state index contributed by atoms with van der Waals surface area (Å²) in [6.07, 6.45) is 1.55. The summed E-state index contributed by atoms with van der Waals surface area (Å²) in [4.78, 5) is 37.7. The van der Waals surface area contributed by atoms with Crippen LogP contribution in [0.2, 0.25) is 0 Å². The van der Waals surface area contributed by atoms with Crippen LogP contribution in [-0.2, 0) is 4.79 Å². The molecule has 0 aliphatic heterocycles. The first-order valence-corrected chi connectivity index (χ1v) is 10.7. The number of amides is 2. The van der Waals surface area contributed by atoms with Crippen molar-refractivity contribution in [1.29, 1.82) is 0 Å². The molecule has 3 rings (SSSR count). The molecule has 174 valence electrons. The van der Waals surface area contributed by atoms with E-state index in [1.165, 1.54) is 6.92 Å². The Kier molecular flexibility index (Phi) is 8.18. The molecule has 2 N–H and O–H groups in total. The fourth-order valence-corrected chi connectivity index (χ4v) is 3.17. The Balaban J connectivity index is 1.95. The Morgan fingerprint density at radius 2 is 1.62 bits per heavy atom. The highest BCUT2D eigenvalue weighted by atomic mass is 16.5. The predicted octanol–water partition coefficient (Wildman–Crippen LogP) is 4.71. The molecule has 0 aliphatic carbocycles. The number of methoxy groups -OCH3 is 1. The lowest BCUT2D eigenvalue weighted by atomic mass is 10.1. The minimum Gasteiger partial charge on any atom is -0.493 e. The molecular formula is C27H26N2O5. The molecule has 2 amide bonds. The molecule has 3 aromatic carbocycles. The van der Waals surface area contributed by atoms with E-state index < -0.39 is 11.8 Å². The molecule has 0 spiro atoms. The van der Waals surface area contributed by atoms with Crippen molar-refractivity contribution in [2.24, 2.45) is 0 Å². The number of rotatable bonds is 9. The van der Waals surface area contributed by atoms with E-state index in [4.69, 9.17) is 9.47 Å². The Morgan fingerprint density at radius 1 is 0.882 bits per heavy atom. The maximum Gasteiger partial charge on any atom is 0.272 e. The van der Waals surface area contributed by atoms with Gasteiger partial charge in [0.05, 0.1) is 13.7 Å². The van der Waals surface area contributed by atoms with Gasteiger partial charge in [0.25, 0.3) is 11.8 Å². The zero-order valence-electron chi connectivity index (χ0n) is 19.3. The number of ether oxygens (including phenoxy) is 2. The molecule has 0 bridgehead atoms. The van der Waals surface area contributed by atoms with Gasteiger partial charge in [-0.05, 0) is 61.9 Å². The predicted molar refractivity (Wildman–Crippen MR) is 131 cm³/mol. The number of carbonyl (C=O) groups excluding carboxylic acids is 3. The van der Waals surface area contributed by atoms with E-state index in [9.17, 15) is 14.4 Å². The summed E-state index contributed by atoms with van der Waals surface area (Å²) in [7, 11) is 1.54. The largest absolute Gasteiger partial charge is 0.493 e. The quantitative estimate of drug-likeness (QED) is 0.358. The van der Waals surface area contributed by atoms with Crippen molar-refractivity contribution < 1.29 is 23.9 Å². The van der Waals surface area contributed by atoms with Gasteiger partial charge in [-0.3, -0.25) is 14.4 Å². The van der Waals surface area contributed by atoms with Gasteiger partial charge >= 0.3 is 0 Å². The first kappa shape index (κ1) is 24.3. The fourth-order valence-electron chi connectivity index (χ4n) is 3.17. The Morgan fingerprint density at radius 3 is 2.29 bits per heavy atom. The molecule has 0 saturated carbocycles. The lowest BCUT2D eigenvalue weighted by Crippen LogP contribution is -2.30. The normalized spacial score (nSPS) is 10.9. The minimum absolute atomic E-state index is 0.0229. The SMILES string of the molecule is CCOc1cc(C=C(NC(=O)c2ccccc2)C(=O)Nc2cccc(C(C)=O)c2)ccc1OC. The number of benzene rings is 3. The topological polar surface area (TPSA) is 93.7 Å². The average Bonchev–Trinajstić information content (AvgIpc) is 2.84. The van der Waals surface area contributed by atoms with E-state index in [1.54, 1.807) is 86.0 Å². The second kappa shape index (κ2) is 11.5. The van der Waals surface area contributed by atoms with Crippen molar-refractivity contribution in [3.63, 3.8) is 0 Å². The summed E-state index contributed by atoms with van der Waals surface area (Å²) >= 11 is 0. The molecule has 0 saturated heterocycles. The summed E-state index contributed by atoms with van der Waals surface area (Å²) in [5.74, 6) is -0.0239. The highest BCUT2D eigenvalue weighted by molar-refractivity contribution is 6.11. The molecule has 0 aromatic heterocycles. The number of anilines is 1. The number of ketones is 1. The van der Waals surface area contributed by atoms with E-state index in [2.05, 4.69) is 10.6 Å². The van der Waals surface area contributed by atoms with Gasteiger partial charge in [0.1, 0.15) is 5.70 Å². The van der Waals surface area contributed by atoms with E-state index in [0.29, 0.717) is 40.5 Å². The molecular weight excluding hydrogens is 432 g/mol. The van der Waals surface area contributed by atoms with Crippen molar-refractivity contribution in [3.8, 4) is 11.5 Å². The monoisotopic (exact) mass is 458 g/mol. The van der Waals surface area contributed by atoms with Crippen LogP contribution >= 0.6 is 0 Å². The lowest BCUT2D eigenvalue weighted by Gasteiger charge is -2.13. The van der Waals surface area contributed by atoms with Gasteiger partial charge in [0, 0.05) is 16.8 Å². The fraction of sp³-hybridized carbons (Fsp3) is 0.148. The molecule has 7 heteroatoms. The Bertz CT molecular complexity index is 1220. The van der Waals surface area contributed by atoms with Crippen LogP contribution in [-0.4, -0.2) is 31.3 Å². The molecule has 0 fully saturated rings. The highest BCUT2D eigenvalue weighted by Crippen LogP contribution is 2.29. The third-order valence-corrected chi connectivity index (χ3v) is 4.85. The third kappa shape index (κ3) is 6.32. The van der Waals surface area contributed by atoms with Crippen LogP contribution in [0.1, 0.15) is 40.1 Å². The second-order valence-corrected chi connectivity index (χ2v) is 7.31. The smallest absolute Gasteiger partial charge is 0.272 e. The number of hydrogen-bond donors (Lipinski definition) is 2. The first-order valence-electron chi connectivity index (χ1n) is 10.7. The Hall–Kier alpha value is -4.39. The van der Waals surface area contributed by atoms with Gasteiger partial charge in [-0.1, -0.05) is 36.4 Å². The van der Waals surface area contributed by atoms with Gasteiger partial charge in [-0.15, -0.1) is 0 Å². The van der Waals surface area contributed by atoms with Crippen LogP contribution in [0.25, 0.3) is 6.08 Å². The molecule has 0 aliphatic rings. The van der Waals surface area contributed by atoms with Crippen molar-refractivity contribution in [1.82, 2.24) is 5.32 Å². The van der Waals surface area contributed by atoms with Gasteiger partial charge in [0.2, 0.25) is 0 Å². The molecule has 7 nitrogen and oxygen atoms in total. The standard InChI is InChI=1S/C27H26N2O5/c1-4-34-25-16-19(13-14-24(25)33-3)15-23(29-26(31)20-9-6-5-7-10-20)27(32)28-22-12-8-11-21(17-22)18(2)30/h5-17H,4H2,1-3H3,(H,28,32)(H,29,31). The van der Waals surface area contributed by atoms with E-state index in [0.717, 1.165) is 0 Å². The van der Waals surface area contributed by atoms with E-state index >= 15 is 0 Å². The summed E-state index contributed by atoms with van der Waals surface area (Å²) < 4.78 is 10.9. The zero-order valence-corrected chi connectivity index (χ0v) is 19.3. The highest BCUT2D eigenvalue weighted by Gasteiger charge is 2.16. The lowest BCUT2D eigenvalue weighted by molar-refractivity contribution is -0.113. The zero-order chi connectivity index (χ0) is 24.5. The van der Waals surface area contributed by atoms with Crippen LogP contribution in [0.3, 0.4) is 0 Å². The second-order valence-electron chi connectivity index (χ2n) is 7.31. The first-order chi connectivity index (χ1) is 16.4. The van der Waals surface area contributed by atoms with Gasteiger partial charge in [-0.25, -0.2) is 0 Å². The van der Waals surface area contributed by atoms with Gasteiger partial charge < -0.3 is 20.1 Å². The van der Waals surface area contributed by atoms with Crippen molar-refractivity contribution in [2.45, 2.75) is 13.8 Å². The summed E-state index contributed by atoms with van der Waals surface area (Å²) in [6.45, 7) is 3.75. The molecule has 34 heavy (non-hydrogen) atoms. The van der Waals surface area contributed by atoms with Crippen LogP contribution in [0.5, 0.6) is 11.5 Å². The van der Waals surface area contributed by atoms with Crippen LogP contribution in [0.15, 0.2) is 78.5 Å². The van der Waals surface area contributed by atoms with Crippen molar-refractivity contribution >= 4 is 29.4 Å². The maximum absolute atomic E-state index is 13.2. The minimum atomic E-state index is -0.543. The van der Waals surface area contributed by atoms with E-state index in [-0.39, 0.29) is 11.5 Å². The van der Waals surface area contributed by atoms with Crippen LogP contribution in [0, 0.1) is 0 Å². The molecule has 0 radical (unpaired) electrons. The summed E-state index contributed by atoms with van der Waals surface area (Å²) in [5, 5.41) is 5.44. The average molecular weight is 459 g/mol. The van der Waals surface area contributed by atoms with Gasteiger partial charge in [-0.2, -0.15) is 0 Å². The van der Waals surface area contributed by atoms with Crippen LogP contribution < -0.4 is 20.1 Å². The summed E-state index contributed by atoms with van der Waals surface area (Å²) in [5.41, 5.74) is 1.95. The maximum atomic E-state index is 13.2. The molecule has 0 unspecified atom stereocenters. The van der Waals surface area contributed by atoms with Gasteiger partial charge in [0.15, 0.2) is 17.3 Å². The molecule has 0 atom stereocenters. The number of Topliss-reactive ketones (excluding diaryl/α,β-unsaturated/α-hetero) is 1. The number of carbonyl (C=O) groups is 3. The van der Waals surface area contributed by atoms with Crippen molar-refractivity contribution in [3.05, 3.63) is 95.2 Å². The van der Waals surface area contributed by atoms with E-state index in [1.807, 2.05) is 6.92 Å². The number of hydrogen-bond acceptors (Lipinski definition) is 5. The third-order valence-electron chi connectivity index (χ3n) is 4.85. The summed E-state index contributed by atoms with van der Waals surface area (Å²) in [6, 6.07) is 20.4. The van der Waals surface area contributed by atoms with Crippen molar-refractivity contribution in [2.75, 3.05) is 19.0 Å².